The highest BCUT2D eigenvalue weighted by Crippen LogP contribution is 2.27. The Kier molecular flexibility index (Phi) is 9.63. The monoisotopic (exact) mass is 625 g/mol. The van der Waals surface area contributed by atoms with E-state index in [1.807, 2.05) is 6.92 Å². The van der Waals surface area contributed by atoms with Crippen molar-refractivity contribution < 1.29 is 26.4 Å². The number of sulfonamides is 2. The summed E-state index contributed by atoms with van der Waals surface area (Å²) in [6, 6.07) is 17.0. The van der Waals surface area contributed by atoms with Crippen LogP contribution < -0.4 is 14.8 Å². The molecule has 9 nitrogen and oxygen atoms in total. The second kappa shape index (κ2) is 12.8. The highest BCUT2D eigenvalue weighted by atomic mass is 35.5. The molecule has 3 aromatic carbocycles. The SMILES string of the molecule is CCOc1ccc(NS(=O)(=O)c2ccc(NC(=O)C3CCCN(S(=O)(=O)Cc4ccc(Cl)c(Cl)c4)C3)cc2)cc1. The predicted octanol–water partition coefficient (Wildman–Crippen LogP) is 5.37. The fourth-order valence-corrected chi connectivity index (χ4v) is 7.28. The molecule has 1 heterocycles. The van der Waals surface area contributed by atoms with E-state index in [0.29, 0.717) is 53.7 Å². The normalized spacial score (nSPS) is 16.3. The molecule has 1 atom stereocenters. The van der Waals surface area contributed by atoms with E-state index in [1.54, 1.807) is 36.4 Å². The molecular weight excluding hydrogens is 597 g/mol. The average molecular weight is 627 g/mol. The minimum absolute atomic E-state index is 0.0246. The lowest BCUT2D eigenvalue weighted by molar-refractivity contribution is -0.120. The number of halogens is 2. The molecule has 4 rings (SSSR count). The van der Waals surface area contributed by atoms with Crippen molar-refractivity contribution in [1.82, 2.24) is 4.31 Å². The molecule has 1 unspecified atom stereocenters. The maximum absolute atomic E-state index is 13.0. The van der Waals surface area contributed by atoms with Crippen LogP contribution in [0, 0.1) is 5.92 Å². The number of anilines is 2. The summed E-state index contributed by atoms with van der Waals surface area (Å²) in [6.07, 6.45) is 1.07. The topological polar surface area (TPSA) is 122 Å². The summed E-state index contributed by atoms with van der Waals surface area (Å²) in [6.45, 7) is 2.74. The minimum Gasteiger partial charge on any atom is -0.494 e. The molecule has 0 saturated carbocycles. The number of benzene rings is 3. The Labute approximate surface area is 244 Å². The third-order valence-corrected chi connectivity index (χ3v) is 10.3. The fraction of sp³-hybridized carbons (Fsp3) is 0.296. The average Bonchev–Trinajstić information content (AvgIpc) is 2.92. The number of hydrogen-bond acceptors (Lipinski definition) is 6. The number of hydrogen-bond donors (Lipinski definition) is 2. The van der Waals surface area contributed by atoms with Crippen molar-refractivity contribution in [2.75, 3.05) is 29.7 Å². The second-order valence-corrected chi connectivity index (χ2v) is 13.7. The van der Waals surface area contributed by atoms with Gasteiger partial charge in [0.15, 0.2) is 0 Å². The van der Waals surface area contributed by atoms with Crippen molar-refractivity contribution in [3.8, 4) is 5.75 Å². The summed E-state index contributed by atoms with van der Waals surface area (Å²) in [4.78, 5) is 13.0. The number of ether oxygens (including phenoxy) is 1. The van der Waals surface area contributed by atoms with E-state index in [9.17, 15) is 21.6 Å². The van der Waals surface area contributed by atoms with Crippen molar-refractivity contribution in [1.29, 1.82) is 0 Å². The van der Waals surface area contributed by atoms with Crippen LogP contribution in [0.5, 0.6) is 5.75 Å². The number of rotatable bonds is 10. The van der Waals surface area contributed by atoms with Crippen LogP contribution in [-0.2, 0) is 30.6 Å². The molecule has 0 aliphatic carbocycles. The van der Waals surface area contributed by atoms with Crippen LogP contribution >= 0.6 is 23.2 Å². The first-order chi connectivity index (χ1) is 19.0. The number of nitrogens with one attached hydrogen (secondary N) is 2. The quantitative estimate of drug-likeness (QED) is 0.312. The van der Waals surface area contributed by atoms with Gasteiger partial charge < -0.3 is 10.1 Å². The van der Waals surface area contributed by atoms with E-state index in [0.717, 1.165) is 0 Å². The largest absolute Gasteiger partial charge is 0.494 e. The molecular formula is C27H29Cl2N3O6S2. The zero-order valence-corrected chi connectivity index (χ0v) is 24.8. The Bertz CT molecular complexity index is 1560. The highest BCUT2D eigenvalue weighted by molar-refractivity contribution is 7.92. The summed E-state index contributed by atoms with van der Waals surface area (Å²) >= 11 is 11.9. The van der Waals surface area contributed by atoms with Crippen molar-refractivity contribution in [2.24, 2.45) is 5.92 Å². The van der Waals surface area contributed by atoms with Crippen molar-refractivity contribution in [3.63, 3.8) is 0 Å². The molecule has 40 heavy (non-hydrogen) atoms. The number of carbonyl (C=O) groups is 1. The van der Waals surface area contributed by atoms with Gasteiger partial charge in [-0.3, -0.25) is 9.52 Å². The Morgan fingerprint density at radius 3 is 2.27 bits per heavy atom. The van der Waals surface area contributed by atoms with Crippen LogP contribution in [0.2, 0.25) is 10.0 Å². The molecule has 1 fully saturated rings. The number of piperidine rings is 1. The van der Waals surface area contributed by atoms with Gasteiger partial charge in [0.2, 0.25) is 15.9 Å². The zero-order chi connectivity index (χ0) is 28.9. The van der Waals surface area contributed by atoms with Gasteiger partial charge in [0.1, 0.15) is 5.75 Å². The van der Waals surface area contributed by atoms with Gasteiger partial charge in [-0.1, -0.05) is 29.3 Å². The van der Waals surface area contributed by atoms with E-state index in [4.69, 9.17) is 27.9 Å². The van der Waals surface area contributed by atoms with Crippen LogP contribution in [0.4, 0.5) is 11.4 Å². The molecule has 1 amide bonds. The predicted molar refractivity (Wildman–Crippen MR) is 157 cm³/mol. The molecule has 2 N–H and O–H groups in total. The van der Waals surface area contributed by atoms with Gasteiger partial charge in [-0.15, -0.1) is 0 Å². The molecule has 1 saturated heterocycles. The van der Waals surface area contributed by atoms with Gasteiger partial charge >= 0.3 is 0 Å². The number of carbonyl (C=O) groups excluding carboxylic acids is 1. The first kappa shape index (κ1) is 30.1. The minimum atomic E-state index is -3.85. The lowest BCUT2D eigenvalue weighted by atomic mass is 9.99. The number of nitrogens with zero attached hydrogens (tertiary/aromatic N) is 1. The van der Waals surface area contributed by atoms with E-state index >= 15 is 0 Å². The van der Waals surface area contributed by atoms with Crippen LogP contribution in [0.15, 0.2) is 71.6 Å². The Morgan fingerprint density at radius 1 is 0.950 bits per heavy atom. The summed E-state index contributed by atoms with van der Waals surface area (Å²) in [5.41, 5.74) is 1.30. The van der Waals surface area contributed by atoms with Gasteiger partial charge in [-0.25, -0.2) is 21.1 Å². The standard InChI is InChI=1S/C27H29Cl2N3O6S2/c1-2-38-23-10-6-22(7-11-23)31-40(36,37)24-12-8-21(9-13-24)30-27(33)20-4-3-15-32(17-20)39(34,35)18-19-5-14-25(28)26(29)16-19/h5-14,16,20,31H,2-4,15,17-18H2,1H3,(H,30,33). The third kappa shape index (κ3) is 7.67. The van der Waals surface area contributed by atoms with E-state index < -0.39 is 26.0 Å². The maximum Gasteiger partial charge on any atom is 0.261 e. The van der Waals surface area contributed by atoms with Gasteiger partial charge in [0.05, 0.1) is 33.2 Å². The first-order valence-corrected chi connectivity index (χ1v) is 16.4. The van der Waals surface area contributed by atoms with E-state index in [1.165, 1.54) is 34.6 Å². The zero-order valence-electron chi connectivity index (χ0n) is 21.6. The lowest BCUT2D eigenvalue weighted by Gasteiger charge is -2.31. The Morgan fingerprint density at radius 2 is 1.62 bits per heavy atom. The van der Waals surface area contributed by atoms with Crippen molar-refractivity contribution in [3.05, 3.63) is 82.3 Å². The highest BCUT2D eigenvalue weighted by Gasteiger charge is 2.32. The first-order valence-electron chi connectivity index (χ1n) is 12.6. The van der Waals surface area contributed by atoms with Crippen molar-refractivity contribution in [2.45, 2.75) is 30.4 Å². The molecule has 214 valence electrons. The molecule has 0 bridgehead atoms. The molecule has 1 aliphatic rings. The van der Waals surface area contributed by atoms with Gasteiger partial charge in [-0.2, -0.15) is 0 Å². The maximum atomic E-state index is 13.0. The van der Waals surface area contributed by atoms with Crippen LogP contribution in [0.3, 0.4) is 0 Å². The van der Waals surface area contributed by atoms with Crippen molar-refractivity contribution >= 4 is 60.5 Å². The van der Waals surface area contributed by atoms with Gasteiger partial charge in [0, 0.05) is 24.5 Å². The summed E-state index contributed by atoms with van der Waals surface area (Å²) < 4.78 is 60.8. The summed E-state index contributed by atoms with van der Waals surface area (Å²) in [5.74, 6) is -0.505. The van der Waals surface area contributed by atoms with Gasteiger partial charge in [0.25, 0.3) is 10.0 Å². The van der Waals surface area contributed by atoms with E-state index in [-0.39, 0.29) is 28.1 Å². The smallest absolute Gasteiger partial charge is 0.261 e. The molecule has 3 aromatic rings. The fourth-order valence-electron chi connectivity index (χ4n) is 4.30. The third-order valence-electron chi connectivity index (χ3n) is 6.33. The van der Waals surface area contributed by atoms with Crippen LogP contribution in [0.25, 0.3) is 0 Å². The molecule has 13 heteroatoms. The second-order valence-electron chi connectivity index (χ2n) is 9.28. The van der Waals surface area contributed by atoms with E-state index in [2.05, 4.69) is 10.0 Å². The van der Waals surface area contributed by atoms with Crippen LogP contribution in [-0.4, -0.2) is 46.7 Å². The molecule has 0 aromatic heterocycles. The number of amides is 1. The lowest BCUT2D eigenvalue weighted by Crippen LogP contribution is -2.44. The molecule has 0 radical (unpaired) electrons. The summed E-state index contributed by atoms with van der Waals surface area (Å²) in [5, 5.41) is 3.39. The Balaban J connectivity index is 1.36. The summed E-state index contributed by atoms with van der Waals surface area (Å²) in [7, 11) is -7.54. The Hall–Kier alpha value is -2.83. The van der Waals surface area contributed by atoms with Gasteiger partial charge in [-0.05, 0) is 86.0 Å². The molecule has 1 aliphatic heterocycles. The van der Waals surface area contributed by atoms with Crippen LogP contribution in [0.1, 0.15) is 25.3 Å². The molecule has 0 spiro atoms.